The van der Waals surface area contributed by atoms with E-state index in [1.807, 2.05) is 22.9 Å². The summed E-state index contributed by atoms with van der Waals surface area (Å²) in [5.74, 6) is 2.52. The number of para-hydroxylation sites is 1. The fourth-order valence-electron chi connectivity index (χ4n) is 3.78. The van der Waals surface area contributed by atoms with Crippen molar-refractivity contribution in [2.75, 3.05) is 31.3 Å². The molecule has 0 amide bonds. The molecule has 1 aliphatic heterocycles. The number of ether oxygens (including phenoxy) is 1. The van der Waals surface area contributed by atoms with E-state index in [0.717, 1.165) is 29.0 Å². The fraction of sp³-hybridized carbons (Fsp3) is 0.391. The molecule has 2 fully saturated rings. The van der Waals surface area contributed by atoms with Crippen LogP contribution in [0.3, 0.4) is 0 Å². The average Bonchev–Trinajstić information content (AvgIpc) is 3.35. The molecule has 1 aliphatic carbocycles. The topological polar surface area (TPSA) is 59.8 Å². The van der Waals surface area contributed by atoms with E-state index in [4.69, 9.17) is 14.8 Å². The van der Waals surface area contributed by atoms with E-state index in [1.165, 1.54) is 24.1 Å². The smallest absolute Gasteiger partial charge is 0.217 e. The van der Waals surface area contributed by atoms with Crippen LogP contribution in [0.1, 0.15) is 36.4 Å². The van der Waals surface area contributed by atoms with Gasteiger partial charge in [-0.25, -0.2) is 9.67 Å². The van der Waals surface area contributed by atoms with Gasteiger partial charge >= 0.3 is 0 Å². The number of nitrogens with zero attached hydrogens (tertiary/aromatic N) is 4. The molecule has 7 heteroatoms. The highest BCUT2D eigenvalue weighted by molar-refractivity contribution is 7.99. The van der Waals surface area contributed by atoms with Crippen molar-refractivity contribution in [3.8, 4) is 5.69 Å². The molecule has 2 N–H and O–H groups in total. The first-order chi connectivity index (χ1) is 14.7. The summed E-state index contributed by atoms with van der Waals surface area (Å²) in [5.41, 5.74) is 3.51. The van der Waals surface area contributed by atoms with Crippen LogP contribution in [-0.2, 0) is 4.74 Å². The normalized spacial score (nSPS) is 21.1. The SMILES string of the molecule is CN(C)c1ccc([C@H]2[NH2+]C[C@@H](CSc3nc(C4CC4)n(-c4ccccc4)n3)O2)cc1. The highest BCUT2D eigenvalue weighted by Gasteiger charge is 2.32. The summed E-state index contributed by atoms with van der Waals surface area (Å²) in [6.07, 6.45) is 2.69. The van der Waals surface area contributed by atoms with Crippen LogP contribution in [0.2, 0.25) is 0 Å². The lowest BCUT2D eigenvalue weighted by Gasteiger charge is -2.14. The molecule has 2 heterocycles. The van der Waals surface area contributed by atoms with E-state index in [0.29, 0.717) is 5.92 Å². The second-order valence-electron chi connectivity index (χ2n) is 8.22. The highest BCUT2D eigenvalue weighted by Crippen LogP contribution is 2.40. The molecular weight excluding hydrogens is 394 g/mol. The molecule has 0 spiro atoms. The maximum absolute atomic E-state index is 6.30. The van der Waals surface area contributed by atoms with Gasteiger partial charge in [-0.15, -0.1) is 5.10 Å². The van der Waals surface area contributed by atoms with Gasteiger partial charge in [0, 0.05) is 37.0 Å². The minimum absolute atomic E-state index is 0.0728. The van der Waals surface area contributed by atoms with Crippen LogP contribution >= 0.6 is 11.8 Å². The number of thioether (sulfide) groups is 1. The van der Waals surface area contributed by atoms with Crippen LogP contribution in [0.25, 0.3) is 5.69 Å². The van der Waals surface area contributed by atoms with Crippen LogP contribution in [-0.4, -0.2) is 47.3 Å². The third-order valence-corrected chi connectivity index (χ3v) is 6.61. The number of rotatable bonds is 7. The van der Waals surface area contributed by atoms with Crippen molar-refractivity contribution in [3.05, 3.63) is 66.0 Å². The third-order valence-electron chi connectivity index (χ3n) is 5.64. The quantitative estimate of drug-likeness (QED) is 0.593. The van der Waals surface area contributed by atoms with Crippen molar-refractivity contribution >= 4 is 17.4 Å². The number of benzene rings is 2. The summed E-state index contributed by atoms with van der Waals surface area (Å²) in [4.78, 5) is 6.97. The molecule has 2 aliphatic rings. The summed E-state index contributed by atoms with van der Waals surface area (Å²) in [6, 6.07) is 18.9. The number of hydrogen-bond donors (Lipinski definition) is 1. The Morgan fingerprint density at radius 2 is 1.87 bits per heavy atom. The Balaban J connectivity index is 1.22. The van der Waals surface area contributed by atoms with E-state index >= 15 is 0 Å². The molecule has 1 aromatic heterocycles. The largest absolute Gasteiger partial charge is 0.378 e. The first kappa shape index (κ1) is 19.6. The molecule has 0 unspecified atom stereocenters. The number of nitrogens with two attached hydrogens (primary N) is 1. The highest BCUT2D eigenvalue weighted by atomic mass is 32.2. The van der Waals surface area contributed by atoms with E-state index < -0.39 is 0 Å². The van der Waals surface area contributed by atoms with Gasteiger partial charge in [0.05, 0.1) is 5.69 Å². The average molecular weight is 423 g/mol. The molecule has 2 atom stereocenters. The zero-order valence-electron chi connectivity index (χ0n) is 17.4. The summed E-state index contributed by atoms with van der Waals surface area (Å²) in [7, 11) is 4.12. The molecule has 1 saturated heterocycles. The van der Waals surface area contributed by atoms with Crippen LogP contribution < -0.4 is 10.2 Å². The van der Waals surface area contributed by atoms with Crippen LogP contribution in [0.15, 0.2) is 59.8 Å². The molecule has 2 aromatic carbocycles. The van der Waals surface area contributed by atoms with Gasteiger partial charge in [-0.1, -0.05) is 30.0 Å². The standard InChI is InChI=1S/C23H27N5OS/c1-27(2)18-12-10-17(11-13-18)22-24-14-20(29-22)15-30-23-25-21(16-8-9-16)28(26-23)19-6-4-3-5-7-19/h3-7,10-13,16,20,22,24H,8-9,14-15H2,1-2H3/p+1/t20-,22-/m0/s1. The molecule has 30 heavy (non-hydrogen) atoms. The van der Waals surface area contributed by atoms with Crippen molar-refractivity contribution in [1.82, 2.24) is 14.8 Å². The summed E-state index contributed by atoms with van der Waals surface area (Å²) < 4.78 is 8.32. The van der Waals surface area contributed by atoms with Gasteiger partial charge < -0.3 is 15.0 Å². The van der Waals surface area contributed by atoms with Crippen molar-refractivity contribution in [2.24, 2.45) is 0 Å². The van der Waals surface area contributed by atoms with Gasteiger partial charge in [0.15, 0.2) is 0 Å². The lowest BCUT2D eigenvalue weighted by Crippen LogP contribution is -2.82. The minimum atomic E-state index is 0.0728. The molecule has 3 aromatic rings. The van der Waals surface area contributed by atoms with Crippen molar-refractivity contribution in [1.29, 1.82) is 0 Å². The Labute approximate surface area is 181 Å². The predicted molar refractivity (Wildman–Crippen MR) is 119 cm³/mol. The maximum Gasteiger partial charge on any atom is 0.217 e. The van der Waals surface area contributed by atoms with Crippen LogP contribution in [0.5, 0.6) is 0 Å². The Morgan fingerprint density at radius 3 is 2.57 bits per heavy atom. The number of anilines is 1. The van der Waals surface area contributed by atoms with Gasteiger partial charge in [0.1, 0.15) is 18.5 Å². The maximum atomic E-state index is 6.30. The van der Waals surface area contributed by atoms with Crippen molar-refractivity contribution < 1.29 is 10.1 Å². The molecule has 1 saturated carbocycles. The van der Waals surface area contributed by atoms with Gasteiger partial charge in [-0.2, -0.15) is 0 Å². The molecule has 5 rings (SSSR count). The number of aromatic nitrogens is 3. The first-order valence-corrected chi connectivity index (χ1v) is 11.6. The van der Waals surface area contributed by atoms with E-state index in [9.17, 15) is 0 Å². The lowest BCUT2D eigenvalue weighted by atomic mass is 10.2. The predicted octanol–water partition coefficient (Wildman–Crippen LogP) is 2.96. The minimum Gasteiger partial charge on any atom is -0.378 e. The molecule has 0 radical (unpaired) electrons. The Morgan fingerprint density at radius 1 is 1.10 bits per heavy atom. The second kappa shape index (κ2) is 8.41. The van der Waals surface area contributed by atoms with Crippen molar-refractivity contribution in [2.45, 2.75) is 36.2 Å². The molecular formula is C23H28N5OS+. The second-order valence-corrected chi connectivity index (χ2v) is 9.21. The summed E-state index contributed by atoms with van der Waals surface area (Å²) in [5, 5.41) is 7.93. The molecule has 156 valence electrons. The fourth-order valence-corrected chi connectivity index (χ4v) is 4.62. The molecule has 0 bridgehead atoms. The Kier molecular flexibility index (Phi) is 5.50. The van der Waals surface area contributed by atoms with Crippen molar-refractivity contribution in [3.63, 3.8) is 0 Å². The van der Waals surface area contributed by atoms with Crippen LogP contribution in [0, 0.1) is 0 Å². The van der Waals surface area contributed by atoms with E-state index in [2.05, 4.69) is 60.7 Å². The van der Waals surface area contributed by atoms with Crippen LogP contribution in [0.4, 0.5) is 5.69 Å². The summed E-state index contributed by atoms with van der Waals surface area (Å²) in [6.45, 7) is 0.960. The van der Waals surface area contributed by atoms with E-state index in [1.54, 1.807) is 11.8 Å². The first-order valence-electron chi connectivity index (χ1n) is 10.6. The van der Waals surface area contributed by atoms with Gasteiger partial charge in [0.2, 0.25) is 11.4 Å². The summed E-state index contributed by atoms with van der Waals surface area (Å²) >= 11 is 1.70. The zero-order valence-corrected chi connectivity index (χ0v) is 18.3. The lowest BCUT2D eigenvalue weighted by molar-refractivity contribution is -0.697. The third kappa shape index (κ3) is 4.24. The number of hydrogen-bond acceptors (Lipinski definition) is 5. The monoisotopic (exact) mass is 422 g/mol. The molecule has 6 nitrogen and oxygen atoms in total. The van der Waals surface area contributed by atoms with Gasteiger partial charge in [0.25, 0.3) is 0 Å². The number of quaternary nitrogens is 1. The van der Waals surface area contributed by atoms with E-state index in [-0.39, 0.29) is 12.3 Å². The van der Waals surface area contributed by atoms with Gasteiger partial charge in [-0.3, -0.25) is 0 Å². The Bertz CT molecular complexity index is 985. The zero-order chi connectivity index (χ0) is 20.5. The van der Waals surface area contributed by atoms with Gasteiger partial charge in [-0.05, 0) is 49.2 Å². The Hall–Kier alpha value is -2.35.